The van der Waals surface area contributed by atoms with Crippen LogP contribution in [0.4, 0.5) is 11.4 Å². The van der Waals surface area contributed by atoms with Crippen molar-refractivity contribution in [1.29, 1.82) is 5.26 Å². The minimum atomic E-state index is 0.461. The largest absolute Gasteiger partial charge is 0.497 e. The minimum Gasteiger partial charge on any atom is -0.497 e. The number of pyridine rings is 1. The Bertz CT molecular complexity index is 932. The van der Waals surface area contributed by atoms with Gasteiger partial charge in [0.15, 0.2) is 0 Å². The molecule has 0 aliphatic carbocycles. The maximum absolute atomic E-state index is 9.49. The molecule has 0 fully saturated rings. The summed E-state index contributed by atoms with van der Waals surface area (Å²) in [5, 5.41) is 12.8. The molecule has 0 bridgehead atoms. The number of hydrogen-bond acceptors (Lipinski definition) is 5. The molecular formula is C20H17N3O2. The third-order valence-corrected chi connectivity index (χ3v) is 3.79. The second-order valence-electron chi connectivity index (χ2n) is 5.31. The summed E-state index contributed by atoms with van der Waals surface area (Å²) in [6, 6.07) is 17.4. The van der Waals surface area contributed by atoms with E-state index in [0.717, 1.165) is 28.3 Å². The Morgan fingerprint density at radius 3 is 2.40 bits per heavy atom. The second kappa shape index (κ2) is 7.37. The normalized spacial score (nSPS) is 9.96. The first-order chi connectivity index (χ1) is 12.2. The van der Waals surface area contributed by atoms with Crippen LogP contribution in [0.5, 0.6) is 11.5 Å². The summed E-state index contributed by atoms with van der Waals surface area (Å²) in [6.45, 7) is 0. The zero-order valence-corrected chi connectivity index (χ0v) is 14.0. The fourth-order valence-electron chi connectivity index (χ4n) is 2.53. The number of anilines is 2. The zero-order chi connectivity index (χ0) is 17.6. The van der Waals surface area contributed by atoms with E-state index in [1.165, 1.54) is 0 Å². The number of aromatic nitrogens is 1. The van der Waals surface area contributed by atoms with E-state index in [1.807, 2.05) is 48.5 Å². The van der Waals surface area contributed by atoms with E-state index in [1.54, 1.807) is 26.6 Å². The Hall–Kier alpha value is -3.52. The van der Waals surface area contributed by atoms with Crippen molar-refractivity contribution in [3.05, 3.63) is 66.5 Å². The standard InChI is InChI=1S/C20H17N3O2/c1-24-17-7-3-5-14(9-17)19-13-22-12-15(11-21)20(19)23-16-6-4-8-18(10-16)25-2/h3-10,12-13H,1-2H3,(H,22,23). The molecule has 0 saturated heterocycles. The zero-order valence-electron chi connectivity index (χ0n) is 14.0. The van der Waals surface area contributed by atoms with Crippen LogP contribution in [0.1, 0.15) is 5.56 Å². The molecule has 0 amide bonds. The van der Waals surface area contributed by atoms with Gasteiger partial charge in [-0.25, -0.2) is 0 Å². The molecule has 5 nitrogen and oxygen atoms in total. The van der Waals surface area contributed by atoms with E-state index >= 15 is 0 Å². The number of ether oxygens (including phenoxy) is 2. The molecule has 3 rings (SSSR count). The Morgan fingerprint density at radius 1 is 0.960 bits per heavy atom. The molecule has 124 valence electrons. The van der Waals surface area contributed by atoms with Gasteiger partial charge in [-0.3, -0.25) is 4.98 Å². The van der Waals surface area contributed by atoms with Gasteiger partial charge in [0.2, 0.25) is 0 Å². The lowest BCUT2D eigenvalue weighted by Crippen LogP contribution is -1.98. The van der Waals surface area contributed by atoms with E-state index in [2.05, 4.69) is 16.4 Å². The molecule has 5 heteroatoms. The summed E-state index contributed by atoms with van der Waals surface area (Å²) >= 11 is 0. The highest BCUT2D eigenvalue weighted by Gasteiger charge is 2.12. The number of benzene rings is 2. The number of methoxy groups -OCH3 is 2. The van der Waals surface area contributed by atoms with Crippen LogP contribution in [-0.2, 0) is 0 Å². The predicted molar refractivity (Wildman–Crippen MR) is 97.2 cm³/mol. The molecule has 0 aliphatic heterocycles. The van der Waals surface area contributed by atoms with Crippen molar-refractivity contribution in [2.45, 2.75) is 0 Å². The molecule has 2 aromatic carbocycles. The lowest BCUT2D eigenvalue weighted by Gasteiger charge is -2.14. The smallest absolute Gasteiger partial charge is 0.120 e. The minimum absolute atomic E-state index is 0.461. The van der Waals surface area contributed by atoms with Crippen molar-refractivity contribution >= 4 is 11.4 Å². The van der Waals surface area contributed by atoms with Crippen molar-refractivity contribution < 1.29 is 9.47 Å². The summed E-state index contributed by atoms with van der Waals surface area (Å²) in [5.41, 5.74) is 3.71. The lowest BCUT2D eigenvalue weighted by molar-refractivity contribution is 0.415. The van der Waals surface area contributed by atoms with Gasteiger partial charge in [-0.05, 0) is 29.8 Å². The number of nitrogens with one attached hydrogen (secondary N) is 1. The van der Waals surface area contributed by atoms with Crippen LogP contribution in [0.25, 0.3) is 11.1 Å². The van der Waals surface area contributed by atoms with Crippen LogP contribution < -0.4 is 14.8 Å². The lowest BCUT2D eigenvalue weighted by atomic mass is 10.0. The molecule has 1 aromatic heterocycles. The van der Waals surface area contributed by atoms with Crippen LogP contribution >= 0.6 is 0 Å². The van der Waals surface area contributed by atoms with Crippen LogP contribution in [0.3, 0.4) is 0 Å². The van der Waals surface area contributed by atoms with Crippen molar-refractivity contribution in [2.75, 3.05) is 19.5 Å². The Labute approximate surface area is 146 Å². The van der Waals surface area contributed by atoms with Crippen molar-refractivity contribution in [3.8, 4) is 28.7 Å². The molecule has 3 aromatic rings. The van der Waals surface area contributed by atoms with Crippen LogP contribution in [0.15, 0.2) is 60.9 Å². The molecule has 0 radical (unpaired) electrons. The topological polar surface area (TPSA) is 67.2 Å². The second-order valence-corrected chi connectivity index (χ2v) is 5.31. The van der Waals surface area contributed by atoms with E-state index in [9.17, 15) is 5.26 Å². The van der Waals surface area contributed by atoms with Crippen LogP contribution in [0.2, 0.25) is 0 Å². The molecule has 0 aliphatic rings. The van der Waals surface area contributed by atoms with E-state index in [-0.39, 0.29) is 0 Å². The summed E-state index contributed by atoms with van der Waals surface area (Å²) in [4.78, 5) is 4.20. The van der Waals surface area contributed by atoms with E-state index < -0.39 is 0 Å². The predicted octanol–water partition coefficient (Wildman–Crippen LogP) is 4.38. The van der Waals surface area contributed by atoms with Gasteiger partial charge in [0.05, 0.1) is 25.5 Å². The highest BCUT2D eigenvalue weighted by molar-refractivity contribution is 5.84. The third kappa shape index (κ3) is 3.54. The number of nitriles is 1. The quantitative estimate of drug-likeness (QED) is 0.751. The average Bonchev–Trinajstić information content (AvgIpc) is 2.68. The number of rotatable bonds is 5. The summed E-state index contributed by atoms with van der Waals surface area (Å²) in [7, 11) is 3.24. The third-order valence-electron chi connectivity index (χ3n) is 3.79. The molecule has 1 heterocycles. The van der Waals surface area contributed by atoms with Crippen molar-refractivity contribution in [2.24, 2.45) is 0 Å². The maximum atomic E-state index is 9.49. The molecule has 0 unspecified atom stereocenters. The molecule has 0 atom stereocenters. The highest BCUT2D eigenvalue weighted by atomic mass is 16.5. The van der Waals surface area contributed by atoms with Gasteiger partial charge in [-0.15, -0.1) is 0 Å². The van der Waals surface area contributed by atoms with Gasteiger partial charge >= 0.3 is 0 Å². The Kier molecular flexibility index (Phi) is 4.82. The van der Waals surface area contributed by atoms with Crippen LogP contribution in [0, 0.1) is 11.3 Å². The van der Waals surface area contributed by atoms with Crippen molar-refractivity contribution in [3.63, 3.8) is 0 Å². The highest BCUT2D eigenvalue weighted by Crippen LogP contribution is 2.34. The molecule has 1 N–H and O–H groups in total. The van der Waals surface area contributed by atoms with Crippen molar-refractivity contribution in [1.82, 2.24) is 4.98 Å². The fourth-order valence-corrected chi connectivity index (χ4v) is 2.53. The van der Waals surface area contributed by atoms with Crippen LogP contribution in [-0.4, -0.2) is 19.2 Å². The van der Waals surface area contributed by atoms with Gasteiger partial charge in [0.1, 0.15) is 17.6 Å². The van der Waals surface area contributed by atoms with E-state index in [0.29, 0.717) is 11.3 Å². The Morgan fingerprint density at radius 2 is 1.68 bits per heavy atom. The van der Waals surface area contributed by atoms with Gasteiger partial charge in [-0.2, -0.15) is 5.26 Å². The molecule has 0 saturated carbocycles. The summed E-state index contributed by atoms with van der Waals surface area (Å²) in [5.74, 6) is 1.48. The van der Waals surface area contributed by atoms with Gasteiger partial charge in [-0.1, -0.05) is 18.2 Å². The average molecular weight is 331 g/mol. The molecule has 25 heavy (non-hydrogen) atoms. The maximum Gasteiger partial charge on any atom is 0.120 e. The molecule has 0 spiro atoms. The van der Waals surface area contributed by atoms with Gasteiger partial charge < -0.3 is 14.8 Å². The summed E-state index contributed by atoms with van der Waals surface area (Å²) < 4.78 is 10.6. The molecular weight excluding hydrogens is 314 g/mol. The first-order valence-electron chi connectivity index (χ1n) is 7.68. The SMILES string of the molecule is COc1cccc(Nc2c(C#N)cncc2-c2cccc(OC)c2)c1. The monoisotopic (exact) mass is 331 g/mol. The van der Waals surface area contributed by atoms with E-state index in [4.69, 9.17) is 9.47 Å². The number of nitrogens with zero attached hydrogens (tertiary/aromatic N) is 2. The Balaban J connectivity index is 2.09. The first-order valence-corrected chi connectivity index (χ1v) is 7.68. The fraction of sp³-hybridized carbons (Fsp3) is 0.100. The van der Waals surface area contributed by atoms with Gasteiger partial charge in [0.25, 0.3) is 0 Å². The first kappa shape index (κ1) is 16.3. The number of hydrogen-bond donors (Lipinski definition) is 1. The van der Waals surface area contributed by atoms with Gasteiger partial charge in [0, 0.05) is 29.7 Å². The summed E-state index contributed by atoms with van der Waals surface area (Å²) in [6.07, 6.45) is 3.28.